The number of nitro groups is 1. The number of amides is 1. The van der Waals surface area contributed by atoms with Gasteiger partial charge in [-0.1, -0.05) is 11.6 Å². The van der Waals surface area contributed by atoms with Crippen LogP contribution in [0.1, 0.15) is 16.8 Å². The second-order valence-corrected chi connectivity index (χ2v) is 8.20. The lowest BCUT2D eigenvalue weighted by atomic mass is 10.1. The van der Waals surface area contributed by atoms with Gasteiger partial charge in [0.15, 0.2) is 5.03 Å². The van der Waals surface area contributed by atoms with Gasteiger partial charge in [0.05, 0.1) is 28.0 Å². The second-order valence-electron chi connectivity index (χ2n) is 5.89. The highest BCUT2D eigenvalue weighted by atomic mass is 35.5. The van der Waals surface area contributed by atoms with Crippen LogP contribution in [0.4, 0.5) is 5.69 Å². The molecule has 10 nitrogen and oxygen atoms in total. The zero-order valence-corrected chi connectivity index (χ0v) is 15.6. The van der Waals surface area contributed by atoms with Gasteiger partial charge in [-0.3, -0.25) is 14.9 Å². The molecule has 3 rings (SSSR count). The minimum atomic E-state index is -3.72. The Hall–Kier alpha value is -2.50. The first kappa shape index (κ1) is 19.3. The van der Waals surface area contributed by atoms with Gasteiger partial charge >= 0.3 is 0 Å². The first-order chi connectivity index (χ1) is 12.8. The van der Waals surface area contributed by atoms with E-state index in [9.17, 15) is 23.3 Å². The van der Waals surface area contributed by atoms with Crippen LogP contribution < -0.4 is 0 Å². The third-order valence-corrected chi connectivity index (χ3v) is 6.38. The lowest BCUT2D eigenvalue weighted by Crippen LogP contribution is -2.37. The molecule has 144 valence electrons. The predicted octanol–water partition coefficient (Wildman–Crippen LogP) is 1.51. The summed E-state index contributed by atoms with van der Waals surface area (Å²) < 4.78 is 26.4. The van der Waals surface area contributed by atoms with Gasteiger partial charge in [-0.25, -0.2) is 13.4 Å². The molecule has 1 amide bonds. The van der Waals surface area contributed by atoms with Crippen molar-refractivity contribution in [2.24, 2.45) is 0 Å². The van der Waals surface area contributed by atoms with Crippen molar-refractivity contribution in [3.05, 3.63) is 51.4 Å². The van der Waals surface area contributed by atoms with Crippen molar-refractivity contribution < 1.29 is 18.1 Å². The van der Waals surface area contributed by atoms with Gasteiger partial charge < -0.3 is 9.88 Å². The Morgan fingerprint density at radius 2 is 2.04 bits per heavy atom. The molecule has 1 aliphatic heterocycles. The van der Waals surface area contributed by atoms with Crippen LogP contribution in [0.5, 0.6) is 0 Å². The van der Waals surface area contributed by atoms with Crippen LogP contribution >= 0.6 is 11.6 Å². The number of nitrogens with zero attached hydrogens (tertiary/aromatic N) is 4. The van der Waals surface area contributed by atoms with Gasteiger partial charge in [0.1, 0.15) is 0 Å². The molecule has 12 heteroatoms. The van der Waals surface area contributed by atoms with E-state index in [2.05, 4.69) is 9.97 Å². The number of rotatable bonds is 4. The Bertz CT molecular complexity index is 963. The van der Waals surface area contributed by atoms with Crippen LogP contribution in [0.25, 0.3) is 0 Å². The molecule has 1 saturated heterocycles. The normalized spacial score (nSPS) is 16.1. The third-order valence-electron chi connectivity index (χ3n) is 4.22. The molecule has 0 unspecified atom stereocenters. The highest BCUT2D eigenvalue weighted by molar-refractivity contribution is 7.89. The highest BCUT2D eigenvalue weighted by Gasteiger charge is 2.30. The molecule has 1 aromatic carbocycles. The summed E-state index contributed by atoms with van der Waals surface area (Å²) in [6, 6.07) is 3.66. The minimum Gasteiger partial charge on any atom is -0.337 e. The van der Waals surface area contributed by atoms with E-state index in [1.54, 1.807) is 0 Å². The zero-order valence-electron chi connectivity index (χ0n) is 14.0. The molecule has 1 aromatic heterocycles. The minimum absolute atomic E-state index is 0.0102. The summed E-state index contributed by atoms with van der Waals surface area (Å²) in [6.07, 6.45) is 2.93. The van der Waals surface area contributed by atoms with Crippen molar-refractivity contribution in [3.63, 3.8) is 0 Å². The predicted molar refractivity (Wildman–Crippen MR) is 96.0 cm³/mol. The number of hydrogen-bond acceptors (Lipinski definition) is 6. The van der Waals surface area contributed by atoms with Crippen molar-refractivity contribution in [2.75, 3.05) is 26.2 Å². The molecule has 1 aliphatic rings. The number of hydrogen-bond donors (Lipinski definition) is 1. The Morgan fingerprint density at radius 1 is 1.26 bits per heavy atom. The van der Waals surface area contributed by atoms with Crippen LogP contribution in [0.2, 0.25) is 5.02 Å². The Morgan fingerprint density at radius 3 is 2.70 bits per heavy atom. The zero-order chi connectivity index (χ0) is 19.6. The number of aromatic nitrogens is 2. The molecule has 1 fully saturated rings. The Labute approximate surface area is 159 Å². The van der Waals surface area contributed by atoms with Crippen LogP contribution in [0.3, 0.4) is 0 Å². The maximum Gasteiger partial charge on any atom is 0.270 e. The van der Waals surface area contributed by atoms with Crippen molar-refractivity contribution >= 4 is 33.2 Å². The summed E-state index contributed by atoms with van der Waals surface area (Å²) in [6.45, 7) is 0.797. The van der Waals surface area contributed by atoms with Crippen molar-refractivity contribution in [2.45, 2.75) is 11.4 Å². The van der Waals surface area contributed by atoms with E-state index in [0.29, 0.717) is 13.0 Å². The number of benzene rings is 1. The van der Waals surface area contributed by atoms with Gasteiger partial charge in [0, 0.05) is 38.3 Å². The summed E-state index contributed by atoms with van der Waals surface area (Å²) in [5.74, 6) is -0.468. The fourth-order valence-corrected chi connectivity index (χ4v) is 4.39. The van der Waals surface area contributed by atoms with E-state index < -0.39 is 20.9 Å². The number of nitrogens with one attached hydrogen (secondary N) is 1. The number of carbonyl (C=O) groups excluding carboxylic acids is 1. The molecule has 0 radical (unpaired) electrons. The van der Waals surface area contributed by atoms with Gasteiger partial charge in [-0.15, -0.1) is 0 Å². The van der Waals surface area contributed by atoms with Gasteiger partial charge in [0.25, 0.3) is 21.6 Å². The second kappa shape index (κ2) is 7.62. The average molecular weight is 414 g/mol. The number of non-ortho nitro benzene ring substituents is 1. The van der Waals surface area contributed by atoms with E-state index in [-0.39, 0.29) is 40.9 Å². The molecule has 0 saturated carbocycles. The van der Waals surface area contributed by atoms with Crippen molar-refractivity contribution in [1.29, 1.82) is 0 Å². The first-order valence-corrected chi connectivity index (χ1v) is 9.84. The maximum absolute atomic E-state index is 12.8. The Balaban J connectivity index is 1.78. The molecular weight excluding hydrogens is 398 g/mol. The lowest BCUT2D eigenvalue weighted by Gasteiger charge is -2.22. The fourth-order valence-electron chi connectivity index (χ4n) is 2.82. The Kier molecular flexibility index (Phi) is 5.44. The summed E-state index contributed by atoms with van der Waals surface area (Å²) in [4.78, 5) is 30.9. The maximum atomic E-state index is 12.8. The van der Waals surface area contributed by atoms with E-state index >= 15 is 0 Å². The van der Waals surface area contributed by atoms with Crippen LogP contribution in [-0.2, 0) is 10.0 Å². The number of sulfonamides is 1. The number of halogens is 1. The molecule has 0 spiro atoms. The quantitative estimate of drug-likeness (QED) is 0.597. The number of carbonyl (C=O) groups is 1. The summed E-state index contributed by atoms with van der Waals surface area (Å²) in [5, 5.41) is 11.0. The summed E-state index contributed by atoms with van der Waals surface area (Å²) in [7, 11) is -3.72. The smallest absolute Gasteiger partial charge is 0.270 e. The SMILES string of the molecule is O=C(c1cc([N+](=O)[O-])ccc1Cl)N1CCCN(S(=O)(=O)c2cnc[nH]2)CC1. The molecule has 0 atom stereocenters. The largest absolute Gasteiger partial charge is 0.337 e. The van der Waals surface area contributed by atoms with E-state index in [0.717, 1.165) is 6.07 Å². The topological polar surface area (TPSA) is 130 Å². The third kappa shape index (κ3) is 3.94. The summed E-state index contributed by atoms with van der Waals surface area (Å²) in [5.41, 5.74) is -0.211. The fraction of sp³-hybridized carbons (Fsp3) is 0.333. The van der Waals surface area contributed by atoms with E-state index in [1.807, 2.05) is 0 Å². The monoisotopic (exact) mass is 413 g/mol. The van der Waals surface area contributed by atoms with Crippen molar-refractivity contribution in [1.82, 2.24) is 19.2 Å². The van der Waals surface area contributed by atoms with Gasteiger partial charge in [-0.2, -0.15) is 4.31 Å². The van der Waals surface area contributed by atoms with Gasteiger partial charge in [0.2, 0.25) is 0 Å². The number of nitro benzene ring substituents is 1. The van der Waals surface area contributed by atoms with E-state index in [4.69, 9.17) is 11.6 Å². The molecule has 27 heavy (non-hydrogen) atoms. The lowest BCUT2D eigenvalue weighted by molar-refractivity contribution is -0.384. The standard InChI is InChI=1S/C15H16ClN5O5S/c16-13-3-2-11(21(23)24)8-12(13)15(22)19-4-1-5-20(7-6-19)27(25,26)14-9-17-10-18-14/h2-3,8-10H,1,4-7H2,(H,17,18). The average Bonchev–Trinajstić information content (AvgIpc) is 3.06. The van der Waals surface area contributed by atoms with E-state index in [1.165, 1.54) is 33.9 Å². The molecule has 0 bridgehead atoms. The van der Waals surface area contributed by atoms with Gasteiger partial charge in [-0.05, 0) is 12.5 Å². The number of H-pyrrole nitrogens is 1. The molecule has 2 heterocycles. The number of aromatic amines is 1. The molecular formula is C15H16ClN5O5S. The molecule has 1 N–H and O–H groups in total. The molecule has 0 aliphatic carbocycles. The summed E-state index contributed by atoms with van der Waals surface area (Å²) >= 11 is 6.04. The van der Waals surface area contributed by atoms with Crippen molar-refractivity contribution in [3.8, 4) is 0 Å². The first-order valence-electron chi connectivity index (χ1n) is 8.02. The molecule has 2 aromatic rings. The van der Waals surface area contributed by atoms with Crippen LogP contribution in [0, 0.1) is 10.1 Å². The van der Waals surface area contributed by atoms with Crippen LogP contribution in [0.15, 0.2) is 35.7 Å². The number of imidazole rings is 1. The van der Waals surface area contributed by atoms with Crippen LogP contribution in [-0.4, -0.2) is 64.6 Å². The highest BCUT2D eigenvalue weighted by Crippen LogP contribution is 2.24.